The van der Waals surface area contributed by atoms with Gasteiger partial charge in [-0.15, -0.1) is 11.3 Å². The molecule has 0 aromatic carbocycles. The predicted octanol–water partition coefficient (Wildman–Crippen LogP) is 3.58. The summed E-state index contributed by atoms with van der Waals surface area (Å²) in [6.45, 7) is 4.31. The van der Waals surface area contributed by atoms with Crippen LogP contribution in [-0.4, -0.2) is 23.3 Å². The van der Waals surface area contributed by atoms with Crippen LogP contribution in [0.2, 0.25) is 0 Å². The monoisotopic (exact) mass is 311 g/mol. The van der Waals surface area contributed by atoms with E-state index in [2.05, 4.69) is 22.5 Å². The van der Waals surface area contributed by atoms with E-state index >= 15 is 0 Å². The molecular formula is C15H25N3O2S. The number of anilines is 1. The Morgan fingerprint density at radius 3 is 2.48 bits per heavy atom. The van der Waals surface area contributed by atoms with Crippen LogP contribution in [0, 0.1) is 0 Å². The zero-order valence-electron chi connectivity index (χ0n) is 12.9. The third-order valence-electron chi connectivity index (χ3n) is 3.09. The number of unbranched alkanes of at least 4 members (excludes halogenated alkanes) is 6. The molecule has 0 atom stereocenters. The van der Waals surface area contributed by atoms with Crippen LogP contribution in [0.1, 0.15) is 69.3 Å². The number of amides is 2. The highest BCUT2D eigenvalue weighted by molar-refractivity contribution is 7.14. The molecule has 1 aromatic heterocycles. The van der Waals surface area contributed by atoms with E-state index in [4.69, 9.17) is 0 Å². The standard InChI is InChI=1S/C15H25N3O2S/c1-3-4-5-6-7-8-9-10-16-14(20)13-11-21-15(18-13)17-12(2)19/h11H,3-10H2,1-2H3,(H,16,20)(H,17,18,19). The Kier molecular flexibility index (Phi) is 8.66. The Labute approximate surface area is 130 Å². The molecule has 118 valence electrons. The highest BCUT2D eigenvalue weighted by Crippen LogP contribution is 2.15. The van der Waals surface area contributed by atoms with Crippen molar-refractivity contribution in [3.8, 4) is 0 Å². The molecule has 0 bridgehead atoms. The van der Waals surface area contributed by atoms with E-state index in [-0.39, 0.29) is 11.8 Å². The summed E-state index contributed by atoms with van der Waals surface area (Å²) >= 11 is 1.26. The number of hydrogen-bond acceptors (Lipinski definition) is 4. The summed E-state index contributed by atoms with van der Waals surface area (Å²) in [5.41, 5.74) is 0.367. The molecule has 0 spiro atoms. The summed E-state index contributed by atoms with van der Waals surface area (Å²) < 4.78 is 0. The smallest absolute Gasteiger partial charge is 0.270 e. The van der Waals surface area contributed by atoms with Crippen LogP contribution < -0.4 is 10.6 Å². The number of thiazole rings is 1. The van der Waals surface area contributed by atoms with Crippen LogP contribution in [0.3, 0.4) is 0 Å². The average molecular weight is 311 g/mol. The van der Waals surface area contributed by atoms with Crippen LogP contribution in [0.5, 0.6) is 0 Å². The maximum Gasteiger partial charge on any atom is 0.270 e. The molecule has 2 N–H and O–H groups in total. The van der Waals surface area contributed by atoms with Crippen molar-refractivity contribution in [2.45, 2.75) is 58.8 Å². The summed E-state index contributed by atoms with van der Waals surface area (Å²) in [4.78, 5) is 26.8. The molecule has 0 aliphatic heterocycles. The van der Waals surface area contributed by atoms with Crippen molar-refractivity contribution in [3.63, 3.8) is 0 Å². The van der Waals surface area contributed by atoms with Gasteiger partial charge in [-0.05, 0) is 6.42 Å². The van der Waals surface area contributed by atoms with Crippen LogP contribution in [0.15, 0.2) is 5.38 Å². The first kappa shape index (κ1) is 17.6. The van der Waals surface area contributed by atoms with Crippen LogP contribution in [-0.2, 0) is 4.79 Å². The summed E-state index contributed by atoms with van der Waals surface area (Å²) in [5, 5.41) is 7.55. The van der Waals surface area contributed by atoms with E-state index < -0.39 is 0 Å². The van der Waals surface area contributed by atoms with Gasteiger partial charge in [-0.1, -0.05) is 45.4 Å². The lowest BCUT2D eigenvalue weighted by Crippen LogP contribution is -2.24. The van der Waals surface area contributed by atoms with Crippen LogP contribution in [0.25, 0.3) is 0 Å². The van der Waals surface area contributed by atoms with Gasteiger partial charge >= 0.3 is 0 Å². The molecule has 21 heavy (non-hydrogen) atoms. The minimum atomic E-state index is -0.181. The topological polar surface area (TPSA) is 71.1 Å². The van der Waals surface area contributed by atoms with Gasteiger partial charge in [0.15, 0.2) is 5.13 Å². The number of carbonyl (C=O) groups excluding carboxylic acids is 2. The zero-order chi connectivity index (χ0) is 15.5. The van der Waals surface area contributed by atoms with Gasteiger partial charge in [0.25, 0.3) is 5.91 Å². The third kappa shape index (κ3) is 7.80. The van der Waals surface area contributed by atoms with Gasteiger partial charge in [-0.25, -0.2) is 4.98 Å². The number of hydrogen-bond donors (Lipinski definition) is 2. The SMILES string of the molecule is CCCCCCCCCNC(=O)c1csc(NC(C)=O)n1. The number of carbonyl (C=O) groups is 2. The van der Waals surface area contributed by atoms with Crippen LogP contribution in [0.4, 0.5) is 5.13 Å². The first-order valence-electron chi connectivity index (χ1n) is 7.64. The van der Waals surface area contributed by atoms with Crippen molar-refractivity contribution in [2.75, 3.05) is 11.9 Å². The minimum absolute atomic E-state index is 0.172. The molecule has 0 radical (unpaired) electrons. The van der Waals surface area contributed by atoms with Crippen LogP contribution >= 0.6 is 11.3 Å². The Hall–Kier alpha value is -1.43. The first-order valence-corrected chi connectivity index (χ1v) is 8.52. The average Bonchev–Trinajstić information content (AvgIpc) is 2.89. The van der Waals surface area contributed by atoms with Gasteiger partial charge in [-0.3, -0.25) is 9.59 Å². The fraction of sp³-hybridized carbons (Fsp3) is 0.667. The first-order chi connectivity index (χ1) is 10.1. The van der Waals surface area contributed by atoms with Gasteiger partial charge in [0, 0.05) is 18.8 Å². The van der Waals surface area contributed by atoms with Gasteiger partial charge < -0.3 is 10.6 Å². The van der Waals surface area contributed by atoms with Gasteiger partial charge in [0.2, 0.25) is 5.91 Å². The van der Waals surface area contributed by atoms with E-state index in [9.17, 15) is 9.59 Å². The van der Waals surface area contributed by atoms with E-state index in [0.717, 1.165) is 12.8 Å². The highest BCUT2D eigenvalue weighted by atomic mass is 32.1. The Morgan fingerprint density at radius 1 is 1.14 bits per heavy atom. The lowest BCUT2D eigenvalue weighted by Gasteiger charge is -2.03. The second kappa shape index (κ2) is 10.3. The molecule has 0 unspecified atom stereocenters. The highest BCUT2D eigenvalue weighted by Gasteiger charge is 2.10. The second-order valence-electron chi connectivity index (χ2n) is 5.10. The summed E-state index contributed by atoms with van der Waals surface area (Å²) in [6.07, 6.45) is 8.57. The molecule has 6 heteroatoms. The molecular weight excluding hydrogens is 286 g/mol. The number of nitrogens with one attached hydrogen (secondary N) is 2. The van der Waals surface area contributed by atoms with Crippen molar-refractivity contribution < 1.29 is 9.59 Å². The molecule has 1 rings (SSSR count). The summed E-state index contributed by atoms with van der Waals surface area (Å²) in [5.74, 6) is -0.354. The van der Waals surface area contributed by atoms with Crippen molar-refractivity contribution in [2.24, 2.45) is 0 Å². The molecule has 2 amide bonds. The molecule has 0 fully saturated rings. The second-order valence-corrected chi connectivity index (χ2v) is 5.95. The molecule has 0 aliphatic rings. The van der Waals surface area contributed by atoms with E-state index in [1.807, 2.05) is 0 Å². The molecule has 0 saturated heterocycles. The zero-order valence-corrected chi connectivity index (χ0v) is 13.7. The lowest BCUT2D eigenvalue weighted by atomic mass is 10.1. The fourth-order valence-corrected chi connectivity index (χ4v) is 2.70. The largest absolute Gasteiger partial charge is 0.351 e. The summed E-state index contributed by atoms with van der Waals surface area (Å²) in [6, 6.07) is 0. The number of rotatable bonds is 10. The summed E-state index contributed by atoms with van der Waals surface area (Å²) in [7, 11) is 0. The van der Waals surface area contributed by atoms with E-state index in [1.54, 1.807) is 5.38 Å². The number of nitrogens with zero attached hydrogens (tertiary/aromatic N) is 1. The maximum absolute atomic E-state index is 11.8. The van der Waals surface area contributed by atoms with Gasteiger partial charge in [-0.2, -0.15) is 0 Å². The maximum atomic E-state index is 11.8. The Morgan fingerprint density at radius 2 is 1.81 bits per heavy atom. The molecule has 0 aliphatic carbocycles. The van der Waals surface area contributed by atoms with E-state index in [1.165, 1.54) is 50.4 Å². The minimum Gasteiger partial charge on any atom is -0.351 e. The molecule has 1 aromatic rings. The fourth-order valence-electron chi connectivity index (χ4n) is 1.96. The quantitative estimate of drug-likeness (QED) is 0.649. The van der Waals surface area contributed by atoms with Crippen molar-refractivity contribution in [3.05, 3.63) is 11.1 Å². The van der Waals surface area contributed by atoms with Gasteiger partial charge in [0.05, 0.1) is 0 Å². The Balaban J connectivity index is 2.13. The predicted molar refractivity (Wildman–Crippen MR) is 86.7 cm³/mol. The lowest BCUT2D eigenvalue weighted by molar-refractivity contribution is -0.114. The van der Waals surface area contributed by atoms with Crippen molar-refractivity contribution >= 4 is 28.3 Å². The van der Waals surface area contributed by atoms with E-state index in [0.29, 0.717) is 17.4 Å². The molecule has 1 heterocycles. The molecule has 0 saturated carbocycles. The Bertz CT molecular complexity index is 446. The number of aromatic nitrogens is 1. The molecule has 5 nitrogen and oxygen atoms in total. The third-order valence-corrected chi connectivity index (χ3v) is 3.84. The van der Waals surface area contributed by atoms with Crippen molar-refractivity contribution in [1.29, 1.82) is 0 Å². The normalized spacial score (nSPS) is 10.4. The van der Waals surface area contributed by atoms with Crippen molar-refractivity contribution in [1.82, 2.24) is 10.3 Å². The van der Waals surface area contributed by atoms with Gasteiger partial charge in [0.1, 0.15) is 5.69 Å².